The topological polar surface area (TPSA) is 43.9 Å². The van der Waals surface area contributed by atoms with Gasteiger partial charge in [0.15, 0.2) is 0 Å². The first kappa shape index (κ1) is 14.7. The smallest absolute Gasteiger partial charge is 0.0889 e. The van der Waals surface area contributed by atoms with Crippen LogP contribution in [0.2, 0.25) is 0 Å². The number of benzene rings is 1. The highest BCUT2D eigenvalue weighted by Gasteiger charge is 2.57. The van der Waals surface area contributed by atoms with Crippen LogP contribution in [-0.4, -0.2) is 6.17 Å². The minimum atomic E-state index is 0.363. The van der Waals surface area contributed by atoms with E-state index in [0.717, 1.165) is 5.92 Å². The molecule has 2 N–H and O–H groups in total. The number of hydrogen-bond acceptors (Lipinski definition) is 2. The third kappa shape index (κ3) is 2.00. The summed E-state index contributed by atoms with van der Waals surface area (Å²) in [4.78, 5) is 0. The van der Waals surface area contributed by atoms with Gasteiger partial charge >= 0.3 is 0 Å². The lowest BCUT2D eigenvalue weighted by Crippen LogP contribution is -2.52. The fraction of sp³-hybridized carbons (Fsp3) is 0.700. The van der Waals surface area contributed by atoms with Gasteiger partial charge < -0.3 is 0 Å². The largest absolute Gasteiger partial charge is 0.238 e. The van der Waals surface area contributed by atoms with E-state index in [2.05, 4.69) is 56.7 Å². The average molecular weight is 298 g/mol. The lowest BCUT2D eigenvalue weighted by atomic mass is 9.49. The predicted octanol–water partition coefficient (Wildman–Crippen LogP) is 4.25. The molecule has 3 aliphatic rings. The van der Waals surface area contributed by atoms with E-state index in [-0.39, 0.29) is 0 Å². The summed E-state index contributed by atoms with van der Waals surface area (Å²) >= 11 is 0. The molecular formula is C20H30N2. The van der Waals surface area contributed by atoms with Crippen LogP contribution in [0.1, 0.15) is 76.0 Å². The molecule has 1 aliphatic heterocycles. The number of aryl methyl sites for hydroxylation is 1. The van der Waals surface area contributed by atoms with Gasteiger partial charge in [-0.3, -0.25) is 0 Å². The third-order valence-corrected chi connectivity index (χ3v) is 7.04. The Kier molecular flexibility index (Phi) is 3.22. The Morgan fingerprint density at radius 2 is 1.91 bits per heavy atom. The summed E-state index contributed by atoms with van der Waals surface area (Å²) < 4.78 is 0. The molecule has 2 aliphatic carbocycles. The Balaban J connectivity index is 1.76. The van der Waals surface area contributed by atoms with E-state index in [1.165, 1.54) is 37.7 Å². The van der Waals surface area contributed by atoms with E-state index in [0.29, 0.717) is 22.9 Å². The maximum Gasteiger partial charge on any atom is 0.0889 e. The average Bonchev–Trinajstić information content (AvgIpc) is 3.31. The van der Waals surface area contributed by atoms with Crippen molar-refractivity contribution in [3.63, 3.8) is 0 Å². The van der Waals surface area contributed by atoms with Crippen molar-refractivity contribution >= 4 is 0 Å². The van der Waals surface area contributed by atoms with Gasteiger partial charge in [-0.25, -0.2) is 10.9 Å². The van der Waals surface area contributed by atoms with E-state index >= 15 is 0 Å². The van der Waals surface area contributed by atoms with E-state index in [9.17, 15) is 0 Å². The van der Waals surface area contributed by atoms with Crippen LogP contribution < -0.4 is 10.9 Å². The monoisotopic (exact) mass is 298 g/mol. The molecule has 22 heavy (non-hydrogen) atoms. The highest BCUT2D eigenvalue weighted by Crippen LogP contribution is 2.58. The zero-order chi connectivity index (χ0) is 15.5. The Bertz CT molecular complexity index is 589. The second-order valence-corrected chi connectivity index (χ2v) is 8.66. The standard InChI is InChI=1S/C20H30N2/c1-13(2)14-6-8-16-15(12-14)7-9-17-19(16,3)10-5-11-20(17,4)18-21-22-18/h6,8,12-13,17-18,21-22H,5,7,9-11H2,1-4H3/t17?,19-,20-/m1/s1. The molecule has 4 rings (SSSR count). The molecule has 0 radical (unpaired) electrons. The van der Waals surface area contributed by atoms with Crippen LogP contribution in [0.5, 0.6) is 0 Å². The summed E-state index contributed by atoms with van der Waals surface area (Å²) in [5, 5.41) is 0. The van der Waals surface area contributed by atoms with E-state index < -0.39 is 0 Å². The molecule has 1 unspecified atom stereocenters. The van der Waals surface area contributed by atoms with Gasteiger partial charge in [0, 0.05) is 5.41 Å². The number of hydrogen-bond donors (Lipinski definition) is 2. The summed E-state index contributed by atoms with van der Waals surface area (Å²) in [7, 11) is 0. The molecule has 3 atom stereocenters. The Morgan fingerprint density at radius 1 is 1.14 bits per heavy atom. The molecule has 2 fully saturated rings. The lowest BCUT2D eigenvalue weighted by Gasteiger charge is -2.55. The maximum absolute atomic E-state index is 3.39. The minimum absolute atomic E-state index is 0.363. The second kappa shape index (κ2) is 4.82. The van der Waals surface area contributed by atoms with Gasteiger partial charge in [0.2, 0.25) is 0 Å². The molecule has 2 nitrogen and oxygen atoms in total. The van der Waals surface area contributed by atoms with Gasteiger partial charge in [0.25, 0.3) is 0 Å². The molecule has 120 valence electrons. The van der Waals surface area contributed by atoms with Gasteiger partial charge in [-0.1, -0.05) is 52.3 Å². The van der Waals surface area contributed by atoms with E-state index in [1.54, 1.807) is 11.1 Å². The van der Waals surface area contributed by atoms with Crippen LogP contribution in [0.25, 0.3) is 0 Å². The van der Waals surface area contributed by atoms with Crippen LogP contribution in [0, 0.1) is 11.3 Å². The lowest BCUT2D eigenvalue weighted by molar-refractivity contribution is 0.0224. The molecule has 0 aromatic heterocycles. The number of rotatable bonds is 2. The van der Waals surface area contributed by atoms with Gasteiger partial charge in [-0.2, -0.15) is 0 Å². The first-order chi connectivity index (χ1) is 10.4. The number of nitrogens with one attached hydrogen (secondary N) is 2. The number of fused-ring (bicyclic) bond motifs is 3. The van der Waals surface area contributed by atoms with Crippen molar-refractivity contribution in [2.45, 2.75) is 77.3 Å². The molecule has 1 heterocycles. The quantitative estimate of drug-likeness (QED) is 0.801. The molecule has 2 heteroatoms. The molecule has 1 aromatic carbocycles. The summed E-state index contributed by atoms with van der Waals surface area (Å²) in [5.74, 6) is 1.42. The van der Waals surface area contributed by atoms with Gasteiger partial charge in [-0.05, 0) is 59.6 Å². The van der Waals surface area contributed by atoms with Gasteiger partial charge in [0.05, 0.1) is 6.17 Å². The zero-order valence-electron chi connectivity index (χ0n) is 14.5. The van der Waals surface area contributed by atoms with Gasteiger partial charge in [-0.15, -0.1) is 0 Å². The van der Waals surface area contributed by atoms with Crippen molar-refractivity contribution in [3.8, 4) is 0 Å². The van der Waals surface area contributed by atoms with Crippen molar-refractivity contribution in [1.29, 1.82) is 0 Å². The molecule has 1 aromatic rings. The molecule has 0 spiro atoms. The highest BCUT2D eigenvalue weighted by atomic mass is 15.6. The minimum Gasteiger partial charge on any atom is -0.238 e. The molecule has 1 saturated heterocycles. The van der Waals surface area contributed by atoms with Crippen LogP contribution >= 0.6 is 0 Å². The van der Waals surface area contributed by atoms with Crippen molar-refractivity contribution in [2.24, 2.45) is 11.3 Å². The van der Waals surface area contributed by atoms with Crippen LogP contribution in [-0.2, 0) is 11.8 Å². The van der Waals surface area contributed by atoms with Crippen molar-refractivity contribution in [3.05, 3.63) is 34.9 Å². The second-order valence-electron chi connectivity index (χ2n) is 8.66. The fourth-order valence-corrected chi connectivity index (χ4v) is 5.64. The highest BCUT2D eigenvalue weighted by molar-refractivity contribution is 5.42. The molecule has 0 amide bonds. The summed E-state index contributed by atoms with van der Waals surface area (Å²) in [6.07, 6.45) is 7.22. The summed E-state index contributed by atoms with van der Waals surface area (Å²) in [6, 6.07) is 7.36. The summed E-state index contributed by atoms with van der Waals surface area (Å²) in [5.41, 5.74) is 12.3. The maximum atomic E-state index is 3.39. The Labute approximate surface area is 135 Å². The van der Waals surface area contributed by atoms with Crippen molar-refractivity contribution in [1.82, 2.24) is 10.9 Å². The number of hydrazine groups is 1. The van der Waals surface area contributed by atoms with Crippen LogP contribution in [0.15, 0.2) is 18.2 Å². The third-order valence-electron chi connectivity index (χ3n) is 7.04. The van der Waals surface area contributed by atoms with Crippen molar-refractivity contribution in [2.75, 3.05) is 0 Å². The Morgan fingerprint density at radius 3 is 2.59 bits per heavy atom. The SMILES string of the molecule is CC(C)c1ccc2c(c1)CCC1[C@](C)(C3NN3)CCC[C@]21C. The van der Waals surface area contributed by atoms with Crippen molar-refractivity contribution < 1.29 is 0 Å². The summed E-state index contributed by atoms with van der Waals surface area (Å²) in [6.45, 7) is 9.67. The van der Waals surface area contributed by atoms with E-state index in [4.69, 9.17) is 0 Å². The normalized spacial score (nSPS) is 37.8. The van der Waals surface area contributed by atoms with Crippen LogP contribution in [0.3, 0.4) is 0 Å². The fourth-order valence-electron chi connectivity index (χ4n) is 5.64. The first-order valence-corrected chi connectivity index (χ1v) is 9.09. The zero-order valence-corrected chi connectivity index (χ0v) is 14.5. The Hall–Kier alpha value is -0.860. The molecule has 0 bridgehead atoms. The predicted molar refractivity (Wildman–Crippen MR) is 91.7 cm³/mol. The van der Waals surface area contributed by atoms with Crippen LogP contribution in [0.4, 0.5) is 0 Å². The molecule has 1 saturated carbocycles. The molecular weight excluding hydrogens is 268 g/mol. The first-order valence-electron chi connectivity index (χ1n) is 9.09. The van der Waals surface area contributed by atoms with Gasteiger partial charge in [0.1, 0.15) is 0 Å². The van der Waals surface area contributed by atoms with E-state index in [1.807, 2.05) is 0 Å².